The van der Waals surface area contributed by atoms with E-state index in [1.54, 1.807) is 6.08 Å². The molecule has 2 nitrogen and oxygen atoms in total. The molecular weight excluding hydrogens is 304 g/mol. The molecule has 0 fully saturated rings. The number of benzene rings is 1. The minimum absolute atomic E-state index is 0.956. The van der Waals surface area contributed by atoms with Gasteiger partial charge < -0.3 is 0 Å². The van der Waals surface area contributed by atoms with E-state index in [0.29, 0.717) is 0 Å². The number of hydrogen-bond donors (Lipinski definition) is 0. The maximum absolute atomic E-state index is 4.82. The van der Waals surface area contributed by atoms with Gasteiger partial charge in [0.2, 0.25) is 0 Å². The van der Waals surface area contributed by atoms with Gasteiger partial charge in [0.15, 0.2) is 0 Å². The van der Waals surface area contributed by atoms with Crippen LogP contribution in [-0.4, -0.2) is 9.38 Å². The molecule has 0 spiro atoms. The second-order valence-electron chi connectivity index (χ2n) is 5.38. The molecule has 0 N–H and O–H groups in total. The summed E-state index contributed by atoms with van der Waals surface area (Å²) in [5, 5.41) is 1.17. The molecule has 0 aliphatic heterocycles. The van der Waals surface area contributed by atoms with Crippen molar-refractivity contribution in [2.45, 2.75) is 27.7 Å². The van der Waals surface area contributed by atoms with E-state index in [-0.39, 0.29) is 0 Å². The molecule has 3 aromatic rings. The summed E-state index contributed by atoms with van der Waals surface area (Å²) < 4.78 is 2.22. The number of hydrogen-bond acceptors (Lipinski definition) is 1. The van der Waals surface area contributed by atoms with Crippen LogP contribution in [0.15, 0.2) is 55.7 Å². The molecule has 0 saturated carbocycles. The normalized spacial score (nSPS) is 11.2. The van der Waals surface area contributed by atoms with E-state index >= 15 is 0 Å². The average Bonchev–Trinajstić information content (AvgIpc) is 2.98. The van der Waals surface area contributed by atoms with Gasteiger partial charge in [-0.05, 0) is 31.6 Å². The summed E-state index contributed by atoms with van der Waals surface area (Å²) >= 11 is 0. The SMILES string of the molecule is C=C/C=C\c1c(C)nc2c(/C=C\C)c(C=C)c3ccccc3n12.CC. The number of allylic oxidation sites excluding steroid dienone is 3. The molecule has 0 bridgehead atoms. The Labute approximate surface area is 150 Å². The highest BCUT2D eigenvalue weighted by molar-refractivity contribution is 5.97. The fourth-order valence-corrected chi connectivity index (χ4v) is 3.03. The number of aryl methyl sites for hydroxylation is 1. The van der Waals surface area contributed by atoms with E-state index in [9.17, 15) is 0 Å². The zero-order valence-corrected chi connectivity index (χ0v) is 15.6. The lowest BCUT2D eigenvalue weighted by Crippen LogP contribution is -1.97. The van der Waals surface area contributed by atoms with Crippen LogP contribution in [-0.2, 0) is 0 Å². The standard InChI is InChI=1S/C21H20N2.C2H6/c1-5-8-13-19-15(4)22-21-18(11-6-2)16(7-3)17-12-9-10-14-20(17)23(19)21;1-2/h5-14H,1,3H2,2,4H3;1-2H3/b11-6-,13-8-;. The minimum Gasteiger partial charge on any atom is -0.292 e. The molecule has 128 valence electrons. The average molecular weight is 330 g/mol. The monoisotopic (exact) mass is 330 g/mol. The summed E-state index contributed by atoms with van der Waals surface area (Å²) in [5.74, 6) is 0. The first-order valence-electron chi connectivity index (χ1n) is 8.71. The Morgan fingerprint density at radius 1 is 1.04 bits per heavy atom. The number of rotatable bonds is 4. The highest BCUT2D eigenvalue weighted by atomic mass is 15.0. The van der Waals surface area contributed by atoms with Gasteiger partial charge in [0.05, 0.1) is 16.9 Å². The van der Waals surface area contributed by atoms with Gasteiger partial charge in [-0.1, -0.05) is 75.6 Å². The van der Waals surface area contributed by atoms with Crippen LogP contribution in [0.3, 0.4) is 0 Å². The van der Waals surface area contributed by atoms with Crippen LogP contribution in [0, 0.1) is 6.92 Å². The van der Waals surface area contributed by atoms with Crippen LogP contribution in [0.5, 0.6) is 0 Å². The van der Waals surface area contributed by atoms with Crippen LogP contribution in [0.1, 0.15) is 43.3 Å². The van der Waals surface area contributed by atoms with E-state index in [2.05, 4.69) is 54.0 Å². The number of fused-ring (bicyclic) bond motifs is 3. The molecule has 2 heterocycles. The predicted molar refractivity (Wildman–Crippen MR) is 113 cm³/mol. The molecule has 2 heteroatoms. The third-order valence-corrected chi connectivity index (χ3v) is 3.99. The van der Waals surface area contributed by atoms with Gasteiger partial charge in [-0.25, -0.2) is 4.98 Å². The van der Waals surface area contributed by atoms with E-state index in [4.69, 9.17) is 4.98 Å². The fraction of sp³-hybridized carbons (Fsp3) is 0.174. The number of imidazole rings is 1. The third kappa shape index (κ3) is 3.20. The summed E-state index contributed by atoms with van der Waals surface area (Å²) in [6.07, 6.45) is 11.9. The molecule has 0 saturated heterocycles. The van der Waals surface area contributed by atoms with Crippen molar-refractivity contribution < 1.29 is 0 Å². The van der Waals surface area contributed by atoms with Crippen LogP contribution in [0.25, 0.3) is 34.8 Å². The van der Waals surface area contributed by atoms with Gasteiger partial charge in [-0.2, -0.15) is 0 Å². The summed E-state index contributed by atoms with van der Waals surface area (Å²) in [5.41, 5.74) is 6.39. The predicted octanol–water partition coefficient (Wildman–Crippen LogP) is 6.70. The van der Waals surface area contributed by atoms with E-state index in [0.717, 1.165) is 33.7 Å². The van der Waals surface area contributed by atoms with Crippen molar-refractivity contribution in [3.63, 3.8) is 0 Å². The Kier molecular flexibility index (Phi) is 6.13. The van der Waals surface area contributed by atoms with E-state index in [1.807, 2.05) is 45.9 Å². The van der Waals surface area contributed by atoms with Crippen molar-refractivity contribution in [1.29, 1.82) is 0 Å². The Balaban J connectivity index is 0.00000109. The molecule has 1 aromatic carbocycles. The van der Waals surface area contributed by atoms with Crippen molar-refractivity contribution in [1.82, 2.24) is 9.38 Å². The quantitative estimate of drug-likeness (QED) is 0.487. The molecule has 2 aromatic heterocycles. The first kappa shape index (κ1) is 18.5. The molecule has 3 rings (SSSR count). The number of pyridine rings is 1. The van der Waals surface area contributed by atoms with Crippen molar-refractivity contribution in [2.24, 2.45) is 0 Å². The maximum atomic E-state index is 4.82. The van der Waals surface area contributed by atoms with Crippen molar-refractivity contribution >= 4 is 34.8 Å². The van der Waals surface area contributed by atoms with Gasteiger partial charge in [-0.3, -0.25) is 4.40 Å². The Bertz CT molecular complexity index is 969. The molecule has 0 radical (unpaired) electrons. The summed E-state index contributed by atoms with van der Waals surface area (Å²) in [6.45, 7) is 15.8. The summed E-state index contributed by atoms with van der Waals surface area (Å²) in [7, 11) is 0. The van der Waals surface area contributed by atoms with Crippen LogP contribution in [0.4, 0.5) is 0 Å². The molecule has 0 atom stereocenters. The van der Waals surface area contributed by atoms with Gasteiger partial charge in [-0.15, -0.1) is 0 Å². The molecule has 0 aliphatic carbocycles. The molecular formula is C23H26N2. The van der Waals surface area contributed by atoms with Crippen LogP contribution in [0.2, 0.25) is 0 Å². The summed E-state index contributed by atoms with van der Waals surface area (Å²) in [6, 6.07) is 8.38. The van der Waals surface area contributed by atoms with E-state index in [1.165, 1.54) is 5.39 Å². The second kappa shape index (κ2) is 8.29. The number of para-hydroxylation sites is 1. The largest absolute Gasteiger partial charge is 0.292 e. The second-order valence-corrected chi connectivity index (χ2v) is 5.38. The highest BCUT2D eigenvalue weighted by Gasteiger charge is 2.16. The van der Waals surface area contributed by atoms with Gasteiger partial charge in [0.1, 0.15) is 5.65 Å². The van der Waals surface area contributed by atoms with Crippen LogP contribution >= 0.6 is 0 Å². The van der Waals surface area contributed by atoms with Crippen LogP contribution < -0.4 is 0 Å². The third-order valence-electron chi connectivity index (χ3n) is 3.99. The molecule has 25 heavy (non-hydrogen) atoms. The van der Waals surface area contributed by atoms with Gasteiger partial charge in [0.25, 0.3) is 0 Å². The Morgan fingerprint density at radius 3 is 2.40 bits per heavy atom. The Hall–Kier alpha value is -2.87. The fourth-order valence-electron chi connectivity index (χ4n) is 3.03. The van der Waals surface area contributed by atoms with Crippen molar-refractivity contribution in [2.75, 3.05) is 0 Å². The lowest BCUT2D eigenvalue weighted by molar-refractivity contribution is 1.22. The lowest BCUT2D eigenvalue weighted by Gasteiger charge is -2.12. The number of nitrogens with zero attached hydrogens (tertiary/aromatic N) is 2. The molecule has 0 unspecified atom stereocenters. The maximum Gasteiger partial charge on any atom is 0.145 e. The summed E-state index contributed by atoms with van der Waals surface area (Å²) in [4.78, 5) is 4.82. The van der Waals surface area contributed by atoms with Crippen molar-refractivity contribution in [3.05, 3.63) is 78.2 Å². The molecule has 0 amide bonds. The first-order chi connectivity index (χ1) is 12.2. The van der Waals surface area contributed by atoms with Gasteiger partial charge >= 0.3 is 0 Å². The smallest absolute Gasteiger partial charge is 0.145 e. The van der Waals surface area contributed by atoms with Crippen molar-refractivity contribution in [3.8, 4) is 0 Å². The first-order valence-corrected chi connectivity index (χ1v) is 8.71. The molecule has 0 aliphatic rings. The highest BCUT2D eigenvalue weighted by Crippen LogP contribution is 2.31. The van der Waals surface area contributed by atoms with E-state index < -0.39 is 0 Å². The zero-order chi connectivity index (χ0) is 18.4. The topological polar surface area (TPSA) is 17.3 Å². The zero-order valence-electron chi connectivity index (χ0n) is 15.6. The minimum atomic E-state index is 0.956. The Morgan fingerprint density at radius 2 is 1.76 bits per heavy atom. The number of aromatic nitrogens is 2. The van der Waals surface area contributed by atoms with Gasteiger partial charge in [0, 0.05) is 10.9 Å². The lowest BCUT2D eigenvalue weighted by atomic mass is 10.0.